The molecule has 2 aliphatic rings. The molecule has 1 aliphatic heterocycles. The zero-order chi connectivity index (χ0) is 15.7. The van der Waals surface area contributed by atoms with E-state index in [0.29, 0.717) is 42.9 Å². The van der Waals surface area contributed by atoms with Crippen molar-refractivity contribution in [2.75, 3.05) is 0 Å². The smallest absolute Gasteiger partial charge is 0.306 e. The first-order valence-electron chi connectivity index (χ1n) is 7.51. The molecule has 0 spiro atoms. The molecule has 1 aromatic rings. The number of ether oxygens (including phenoxy) is 1. The van der Waals surface area contributed by atoms with Crippen molar-refractivity contribution in [2.45, 2.75) is 44.2 Å². The third-order valence-corrected chi connectivity index (χ3v) is 4.65. The second-order valence-electron chi connectivity index (χ2n) is 5.96. The summed E-state index contributed by atoms with van der Waals surface area (Å²) in [5.41, 5.74) is 0.947. The highest BCUT2D eigenvalue weighted by Gasteiger charge is 2.32. The molecule has 1 heterocycles. The topological polar surface area (TPSA) is 75.6 Å². The van der Waals surface area contributed by atoms with Gasteiger partial charge in [-0.25, -0.2) is 0 Å². The van der Waals surface area contributed by atoms with Crippen molar-refractivity contribution >= 4 is 23.5 Å². The predicted octanol–water partition coefficient (Wildman–Crippen LogP) is 2.40. The van der Waals surface area contributed by atoms with Crippen LogP contribution in [-0.4, -0.2) is 29.1 Å². The number of carbonyl (C=O) groups excluding carboxylic acids is 1. The molecule has 1 aromatic carbocycles. The maximum atomic E-state index is 12.3. The van der Waals surface area contributed by atoms with Gasteiger partial charge in [-0.1, -0.05) is 11.6 Å². The van der Waals surface area contributed by atoms with Gasteiger partial charge < -0.3 is 15.2 Å². The zero-order valence-electron chi connectivity index (χ0n) is 12.0. The van der Waals surface area contributed by atoms with E-state index >= 15 is 0 Å². The molecule has 1 saturated carbocycles. The van der Waals surface area contributed by atoms with Gasteiger partial charge in [0.05, 0.1) is 5.92 Å². The molecule has 3 rings (SSSR count). The van der Waals surface area contributed by atoms with Crippen LogP contribution in [0, 0.1) is 5.92 Å². The highest BCUT2D eigenvalue weighted by molar-refractivity contribution is 6.30. The van der Waals surface area contributed by atoms with E-state index in [-0.39, 0.29) is 17.9 Å². The first-order chi connectivity index (χ1) is 10.5. The number of aliphatic carboxylic acids is 1. The monoisotopic (exact) mass is 323 g/mol. The lowest BCUT2D eigenvalue weighted by Crippen LogP contribution is -2.45. The van der Waals surface area contributed by atoms with E-state index in [9.17, 15) is 9.59 Å². The van der Waals surface area contributed by atoms with Crippen LogP contribution in [0.1, 0.15) is 31.2 Å². The molecular weight excluding hydrogens is 306 g/mol. The van der Waals surface area contributed by atoms with Crippen LogP contribution >= 0.6 is 11.6 Å². The van der Waals surface area contributed by atoms with Crippen LogP contribution in [0.25, 0.3) is 0 Å². The molecule has 1 fully saturated rings. The number of halogens is 1. The van der Waals surface area contributed by atoms with Gasteiger partial charge in [0.2, 0.25) is 0 Å². The van der Waals surface area contributed by atoms with Crippen molar-refractivity contribution in [1.29, 1.82) is 0 Å². The summed E-state index contributed by atoms with van der Waals surface area (Å²) < 4.78 is 5.66. The fourth-order valence-electron chi connectivity index (χ4n) is 3.14. The number of carboxylic acid groups (broad SMARTS) is 1. The Bertz CT molecular complexity index is 596. The van der Waals surface area contributed by atoms with Crippen LogP contribution in [0.5, 0.6) is 5.75 Å². The lowest BCUT2D eigenvalue weighted by molar-refractivity contribution is -0.142. The number of nitrogens with one attached hydrogen (secondary N) is 1. The highest BCUT2D eigenvalue weighted by Crippen LogP contribution is 2.31. The summed E-state index contributed by atoms with van der Waals surface area (Å²) in [4.78, 5) is 23.2. The Hall–Kier alpha value is -1.75. The fraction of sp³-hybridized carbons (Fsp3) is 0.500. The summed E-state index contributed by atoms with van der Waals surface area (Å²) in [7, 11) is 0. The van der Waals surface area contributed by atoms with Gasteiger partial charge in [-0.05, 0) is 49.4 Å². The van der Waals surface area contributed by atoms with Gasteiger partial charge in [0.15, 0.2) is 6.10 Å². The molecule has 1 atom stereocenters. The lowest BCUT2D eigenvalue weighted by atomic mass is 9.86. The van der Waals surface area contributed by atoms with E-state index < -0.39 is 12.1 Å². The van der Waals surface area contributed by atoms with Gasteiger partial charge in [0.1, 0.15) is 5.75 Å². The minimum Gasteiger partial charge on any atom is -0.481 e. The second kappa shape index (κ2) is 6.16. The van der Waals surface area contributed by atoms with Gasteiger partial charge in [0, 0.05) is 17.5 Å². The number of hydrogen-bond acceptors (Lipinski definition) is 3. The van der Waals surface area contributed by atoms with E-state index in [4.69, 9.17) is 21.4 Å². The fourth-order valence-corrected chi connectivity index (χ4v) is 3.34. The number of rotatable bonds is 3. The molecule has 0 aromatic heterocycles. The van der Waals surface area contributed by atoms with Gasteiger partial charge in [-0.15, -0.1) is 0 Å². The Labute approximate surface area is 133 Å². The Kier molecular flexibility index (Phi) is 4.25. The average molecular weight is 324 g/mol. The van der Waals surface area contributed by atoms with Crippen LogP contribution in [0.15, 0.2) is 18.2 Å². The Balaban J connectivity index is 1.53. The van der Waals surface area contributed by atoms with Crippen molar-refractivity contribution in [3.05, 3.63) is 28.8 Å². The molecule has 1 amide bonds. The minimum absolute atomic E-state index is 0.0407. The van der Waals surface area contributed by atoms with Crippen molar-refractivity contribution < 1.29 is 19.4 Å². The minimum atomic E-state index is -0.740. The van der Waals surface area contributed by atoms with E-state index in [2.05, 4.69) is 5.32 Å². The Morgan fingerprint density at radius 2 is 1.95 bits per heavy atom. The number of carbonyl (C=O) groups is 2. The maximum Gasteiger partial charge on any atom is 0.306 e. The summed E-state index contributed by atoms with van der Waals surface area (Å²) in [5.74, 6) is -0.441. The van der Waals surface area contributed by atoms with E-state index in [1.807, 2.05) is 6.07 Å². The predicted molar refractivity (Wildman–Crippen MR) is 81.1 cm³/mol. The van der Waals surface area contributed by atoms with Crippen LogP contribution in [0.4, 0.5) is 0 Å². The number of fused-ring (bicyclic) bond motifs is 1. The van der Waals surface area contributed by atoms with Crippen molar-refractivity contribution in [1.82, 2.24) is 5.32 Å². The third kappa shape index (κ3) is 3.19. The molecule has 6 heteroatoms. The summed E-state index contributed by atoms with van der Waals surface area (Å²) in [6.07, 6.45) is 2.63. The number of hydrogen-bond donors (Lipinski definition) is 2. The molecule has 1 aliphatic carbocycles. The third-order valence-electron chi connectivity index (χ3n) is 4.41. The van der Waals surface area contributed by atoms with Gasteiger partial charge in [0.25, 0.3) is 5.91 Å². The Morgan fingerprint density at radius 3 is 2.64 bits per heavy atom. The SMILES string of the molecule is O=C(O)C1CCC(NC(=O)C2Cc3cc(Cl)ccc3O2)CC1. The summed E-state index contributed by atoms with van der Waals surface area (Å²) in [5, 5.41) is 12.6. The molecule has 2 N–H and O–H groups in total. The van der Waals surface area contributed by atoms with Crippen molar-refractivity contribution in [2.24, 2.45) is 5.92 Å². The van der Waals surface area contributed by atoms with Crippen molar-refractivity contribution in [3.8, 4) is 5.75 Å². The molecular formula is C16H18ClNO4. The largest absolute Gasteiger partial charge is 0.481 e. The molecule has 5 nitrogen and oxygen atoms in total. The van der Waals surface area contributed by atoms with Crippen LogP contribution in [0.2, 0.25) is 5.02 Å². The number of carboxylic acids is 1. The maximum absolute atomic E-state index is 12.3. The molecule has 0 radical (unpaired) electrons. The zero-order valence-corrected chi connectivity index (χ0v) is 12.8. The molecule has 22 heavy (non-hydrogen) atoms. The highest BCUT2D eigenvalue weighted by atomic mass is 35.5. The van der Waals surface area contributed by atoms with Crippen LogP contribution < -0.4 is 10.1 Å². The lowest BCUT2D eigenvalue weighted by Gasteiger charge is -2.27. The molecule has 0 bridgehead atoms. The molecule has 118 valence electrons. The molecule has 1 unspecified atom stereocenters. The number of benzene rings is 1. The average Bonchev–Trinajstić information content (AvgIpc) is 2.91. The van der Waals surface area contributed by atoms with E-state index in [0.717, 1.165) is 5.56 Å². The number of amides is 1. The van der Waals surface area contributed by atoms with Crippen molar-refractivity contribution in [3.63, 3.8) is 0 Å². The van der Waals surface area contributed by atoms with Gasteiger partial charge >= 0.3 is 5.97 Å². The first kappa shape index (κ1) is 15.2. The van der Waals surface area contributed by atoms with Crippen LogP contribution in [0.3, 0.4) is 0 Å². The summed E-state index contributed by atoms with van der Waals surface area (Å²) in [6, 6.07) is 5.39. The van der Waals surface area contributed by atoms with Gasteiger partial charge in [-0.3, -0.25) is 9.59 Å². The quantitative estimate of drug-likeness (QED) is 0.895. The Morgan fingerprint density at radius 1 is 1.23 bits per heavy atom. The van der Waals surface area contributed by atoms with Crippen LogP contribution in [-0.2, 0) is 16.0 Å². The van der Waals surface area contributed by atoms with E-state index in [1.165, 1.54) is 0 Å². The normalized spacial score (nSPS) is 26.9. The standard InChI is InChI=1S/C16H18ClNO4/c17-11-3-6-13-10(7-11)8-14(22-13)15(19)18-12-4-1-9(2-5-12)16(20)21/h3,6-7,9,12,14H,1-2,4-5,8H2,(H,18,19)(H,20,21). The first-order valence-corrected chi connectivity index (χ1v) is 7.89. The molecule has 0 saturated heterocycles. The van der Waals surface area contributed by atoms with E-state index in [1.54, 1.807) is 12.1 Å². The summed E-state index contributed by atoms with van der Waals surface area (Å²) >= 11 is 5.94. The second-order valence-corrected chi connectivity index (χ2v) is 6.39. The van der Waals surface area contributed by atoms with Gasteiger partial charge in [-0.2, -0.15) is 0 Å². The summed E-state index contributed by atoms with van der Waals surface area (Å²) in [6.45, 7) is 0.